The molecule has 0 saturated carbocycles. The zero-order valence-corrected chi connectivity index (χ0v) is 12.3. The lowest BCUT2D eigenvalue weighted by molar-refractivity contribution is 0.0971. The number of rotatable bonds is 3. The van der Waals surface area contributed by atoms with Gasteiger partial charge in [-0.3, -0.25) is 4.79 Å². The highest BCUT2D eigenvalue weighted by molar-refractivity contribution is 5.97. The molecule has 0 radical (unpaired) electrons. The molecular formula is C17H18N2O2. The van der Waals surface area contributed by atoms with Crippen molar-refractivity contribution in [3.8, 4) is 17.1 Å². The van der Waals surface area contributed by atoms with Crippen LogP contribution in [0.3, 0.4) is 0 Å². The Hall–Kier alpha value is -2.23. The van der Waals surface area contributed by atoms with Gasteiger partial charge in [-0.25, -0.2) is 9.97 Å². The second kappa shape index (κ2) is 5.64. The van der Waals surface area contributed by atoms with Crippen molar-refractivity contribution in [2.45, 2.75) is 39.2 Å². The van der Waals surface area contributed by atoms with Crippen molar-refractivity contribution in [2.75, 3.05) is 0 Å². The Morgan fingerprint density at radius 3 is 2.90 bits per heavy atom. The molecule has 1 aliphatic rings. The van der Waals surface area contributed by atoms with Crippen LogP contribution >= 0.6 is 0 Å². The molecule has 0 spiro atoms. The first-order valence-corrected chi connectivity index (χ1v) is 7.29. The molecule has 0 bridgehead atoms. The van der Waals surface area contributed by atoms with E-state index in [1.54, 1.807) is 6.20 Å². The lowest BCUT2D eigenvalue weighted by Gasteiger charge is -2.14. The number of carbonyl (C=O) groups is 1. The fourth-order valence-electron chi connectivity index (χ4n) is 2.51. The van der Waals surface area contributed by atoms with Crippen LogP contribution in [0, 0.1) is 0 Å². The first-order valence-electron chi connectivity index (χ1n) is 7.29. The molecule has 0 aliphatic heterocycles. The highest BCUT2D eigenvalue weighted by Gasteiger charge is 2.19. The summed E-state index contributed by atoms with van der Waals surface area (Å²) in [6, 6.07) is 7.75. The topological polar surface area (TPSA) is 52.1 Å². The average molecular weight is 282 g/mol. The molecule has 0 amide bonds. The molecule has 1 heterocycles. The molecule has 21 heavy (non-hydrogen) atoms. The molecule has 0 unspecified atom stereocenters. The van der Waals surface area contributed by atoms with Crippen LogP contribution in [0.4, 0.5) is 0 Å². The van der Waals surface area contributed by atoms with Crippen molar-refractivity contribution in [2.24, 2.45) is 0 Å². The minimum Gasteiger partial charge on any atom is -0.491 e. The van der Waals surface area contributed by atoms with E-state index >= 15 is 0 Å². The maximum Gasteiger partial charge on any atom is 0.166 e. The Morgan fingerprint density at radius 1 is 1.24 bits per heavy atom. The van der Waals surface area contributed by atoms with E-state index in [-0.39, 0.29) is 11.9 Å². The summed E-state index contributed by atoms with van der Waals surface area (Å²) < 4.78 is 5.70. The van der Waals surface area contributed by atoms with Gasteiger partial charge in [-0.15, -0.1) is 0 Å². The van der Waals surface area contributed by atoms with Gasteiger partial charge in [-0.2, -0.15) is 0 Å². The predicted octanol–water partition coefficient (Wildman–Crippen LogP) is 3.45. The smallest absolute Gasteiger partial charge is 0.166 e. The van der Waals surface area contributed by atoms with Crippen molar-refractivity contribution in [1.82, 2.24) is 9.97 Å². The molecule has 0 N–H and O–H groups in total. The minimum absolute atomic E-state index is 0.127. The summed E-state index contributed by atoms with van der Waals surface area (Å²) in [6.07, 6.45) is 4.11. The van der Waals surface area contributed by atoms with E-state index < -0.39 is 0 Å². The van der Waals surface area contributed by atoms with Gasteiger partial charge < -0.3 is 4.74 Å². The first kappa shape index (κ1) is 13.7. The molecule has 3 rings (SSSR count). The van der Waals surface area contributed by atoms with Crippen molar-refractivity contribution < 1.29 is 9.53 Å². The van der Waals surface area contributed by atoms with Crippen LogP contribution in [0.5, 0.6) is 5.75 Å². The number of fused-ring (bicyclic) bond motifs is 1. The maximum atomic E-state index is 11.8. The second-order valence-corrected chi connectivity index (χ2v) is 5.53. The fraction of sp³-hybridized carbons (Fsp3) is 0.353. The molecule has 1 aromatic heterocycles. The third-order valence-electron chi connectivity index (χ3n) is 3.45. The highest BCUT2D eigenvalue weighted by atomic mass is 16.5. The lowest BCUT2D eigenvalue weighted by Crippen LogP contribution is -2.13. The summed E-state index contributed by atoms with van der Waals surface area (Å²) in [7, 11) is 0. The number of hydrogen-bond donors (Lipinski definition) is 0. The van der Waals surface area contributed by atoms with Crippen LogP contribution in [0.25, 0.3) is 11.4 Å². The third kappa shape index (κ3) is 2.94. The van der Waals surface area contributed by atoms with Gasteiger partial charge in [0.05, 0.1) is 17.4 Å². The Balaban J connectivity index is 1.95. The summed E-state index contributed by atoms with van der Waals surface area (Å²) >= 11 is 0. The van der Waals surface area contributed by atoms with E-state index in [0.717, 1.165) is 29.8 Å². The molecule has 1 aliphatic carbocycles. The zero-order valence-electron chi connectivity index (χ0n) is 12.3. The molecule has 4 heteroatoms. The quantitative estimate of drug-likeness (QED) is 0.865. The number of ether oxygens (including phenoxy) is 1. The number of aromatic nitrogens is 2. The first-order chi connectivity index (χ1) is 10.1. The molecule has 108 valence electrons. The summed E-state index contributed by atoms with van der Waals surface area (Å²) in [5.74, 6) is 1.61. The largest absolute Gasteiger partial charge is 0.491 e. The number of ketones is 1. The lowest BCUT2D eigenvalue weighted by atomic mass is 9.96. The Bertz CT molecular complexity index is 680. The van der Waals surface area contributed by atoms with E-state index in [0.29, 0.717) is 17.8 Å². The number of nitrogens with zero attached hydrogens (tertiary/aromatic N) is 2. The number of Topliss-reactive ketones (excluding diaryl/α,β-unsaturated/α-hetero) is 1. The molecule has 0 saturated heterocycles. The van der Waals surface area contributed by atoms with Crippen molar-refractivity contribution in [3.05, 3.63) is 41.7 Å². The SMILES string of the molecule is CC(C)Oc1cccc(-c2ncc3c(n2)CCCC3=O)c1. The average Bonchev–Trinajstić information content (AvgIpc) is 2.47. The molecule has 2 aromatic rings. The van der Waals surface area contributed by atoms with Crippen molar-refractivity contribution in [1.29, 1.82) is 0 Å². The monoisotopic (exact) mass is 282 g/mol. The van der Waals surface area contributed by atoms with Gasteiger partial charge in [0.1, 0.15) is 5.75 Å². The summed E-state index contributed by atoms with van der Waals surface area (Å²) in [5, 5.41) is 0. The van der Waals surface area contributed by atoms with Crippen LogP contribution in [0.2, 0.25) is 0 Å². The van der Waals surface area contributed by atoms with Crippen LogP contribution in [0.1, 0.15) is 42.7 Å². The van der Waals surface area contributed by atoms with Gasteiger partial charge >= 0.3 is 0 Å². The molecule has 0 atom stereocenters. The minimum atomic E-state index is 0.127. The third-order valence-corrected chi connectivity index (χ3v) is 3.45. The Labute approximate surface area is 124 Å². The van der Waals surface area contributed by atoms with E-state index in [1.165, 1.54) is 0 Å². The van der Waals surface area contributed by atoms with Gasteiger partial charge in [0.25, 0.3) is 0 Å². The molecule has 4 nitrogen and oxygen atoms in total. The van der Waals surface area contributed by atoms with E-state index in [1.807, 2.05) is 38.1 Å². The van der Waals surface area contributed by atoms with E-state index in [9.17, 15) is 4.79 Å². The zero-order chi connectivity index (χ0) is 14.8. The van der Waals surface area contributed by atoms with Gasteiger partial charge in [-0.05, 0) is 38.8 Å². The van der Waals surface area contributed by atoms with Crippen molar-refractivity contribution in [3.63, 3.8) is 0 Å². The van der Waals surface area contributed by atoms with E-state index in [4.69, 9.17) is 4.74 Å². The van der Waals surface area contributed by atoms with Crippen LogP contribution in [-0.4, -0.2) is 21.9 Å². The summed E-state index contributed by atoms with van der Waals surface area (Å²) in [4.78, 5) is 20.7. The van der Waals surface area contributed by atoms with Crippen molar-refractivity contribution >= 4 is 5.78 Å². The number of carbonyl (C=O) groups excluding carboxylic acids is 1. The number of hydrogen-bond acceptors (Lipinski definition) is 4. The Morgan fingerprint density at radius 2 is 2.10 bits per heavy atom. The summed E-state index contributed by atoms with van der Waals surface area (Å²) in [5.41, 5.74) is 2.46. The van der Waals surface area contributed by atoms with Gasteiger partial charge in [0.15, 0.2) is 11.6 Å². The molecule has 0 fully saturated rings. The molecular weight excluding hydrogens is 264 g/mol. The van der Waals surface area contributed by atoms with Gasteiger partial charge in [0.2, 0.25) is 0 Å². The van der Waals surface area contributed by atoms with Crippen LogP contribution in [-0.2, 0) is 6.42 Å². The standard InChI is InChI=1S/C17H18N2O2/c1-11(2)21-13-6-3-5-12(9-13)17-18-10-14-15(19-17)7-4-8-16(14)20/h3,5-6,9-11H,4,7-8H2,1-2H3. The fourth-order valence-corrected chi connectivity index (χ4v) is 2.51. The highest BCUT2D eigenvalue weighted by Crippen LogP contribution is 2.25. The normalized spacial score (nSPS) is 14.1. The van der Waals surface area contributed by atoms with Crippen LogP contribution < -0.4 is 4.74 Å². The Kier molecular flexibility index (Phi) is 3.69. The van der Waals surface area contributed by atoms with Gasteiger partial charge in [-0.1, -0.05) is 12.1 Å². The number of benzene rings is 1. The molecule has 1 aromatic carbocycles. The summed E-state index contributed by atoms with van der Waals surface area (Å²) in [6.45, 7) is 3.99. The maximum absolute atomic E-state index is 11.8. The second-order valence-electron chi connectivity index (χ2n) is 5.53. The van der Waals surface area contributed by atoms with Gasteiger partial charge in [0, 0.05) is 18.2 Å². The van der Waals surface area contributed by atoms with E-state index in [2.05, 4.69) is 9.97 Å². The predicted molar refractivity (Wildman–Crippen MR) is 80.5 cm³/mol. The number of aryl methyl sites for hydroxylation is 1. The van der Waals surface area contributed by atoms with Crippen LogP contribution in [0.15, 0.2) is 30.5 Å².